The third kappa shape index (κ3) is 4.11. The van der Waals surface area contributed by atoms with Gasteiger partial charge in [-0.05, 0) is 55.7 Å². The van der Waals surface area contributed by atoms with E-state index < -0.39 is 17.1 Å². The van der Waals surface area contributed by atoms with E-state index in [-0.39, 0.29) is 11.6 Å². The number of aromatic amines is 2. The number of halogens is 1. The zero-order valence-corrected chi connectivity index (χ0v) is 18.5. The van der Waals surface area contributed by atoms with Crippen molar-refractivity contribution >= 4 is 28.2 Å². The Kier molecular flexibility index (Phi) is 6.01. The molecule has 32 heavy (non-hydrogen) atoms. The summed E-state index contributed by atoms with van der Waals surface area (Å²) < 4.78 is 1.03. The maximum atomic E-state index is 12.6. The molecule has 2 aromatic heterocycles. The first-order valence-electron chi connectivity index (χ1n) is 10.3. The summed E-state index contributed by atoms with van der Waals surface area (Å²) in [5.41, 5.74) is 1.48. The average molecular weight is 451 g/mol. The molecule has 7 nitrogen and oxygen atoms in total. The second-order valence-corrected chi connectivity index (χ2v) is 8.05. The second kappa shape index (κ2) is 8.88. The molecule has 8 heteroatoms. The number of para-hydroxylation sites is 1. The van der Waals surface area contributed by atoms with Crippen molar-refractivity contribution in [3.05, 3.63) is 91.7 Å². The number of nitrogens with zero attached hydrogens (tertiary/aromatic N) is 2. The number of aromatic hydroxyl groups is 1. The van der Waals surface area contributed by atoms with Crippen LogP contribution in [0.3, 0.4) is 0 Å². The standard InChI is InChI=1S/C24H23ClN4O3/c1-3-17(12-15-13-26-20-7-5-4-6-19(15)20)27-14(2)21-22(30)28-24(32)29(23(21)31)18-10-8-16(25)9-11-18/h4-11,13,17,26,31H,3,12H2,1-2H3,(H,28,30,32). The van der Waals surface area contributed by atoms with Crippen LogP contribution in [0, 0.1) is 0 Å². The van der Waals surface area contributed by atoms with Crippen molar-refractivity contribution in [3.63, 3.8) is 0 Å². The largest absolute Gasteiger partial charge is 0.493 e. The van der Waals surface area contributed by atoms with E-state index in [9.17, 15) is 14.7 Å². The lowest BCUT2D eigenvalue weighted by Gasteiger charge is -2.14. The van der Waals surface area contributed by atoms with Gasteiger partial charge in [-0.25, -0.2) is 9.36 Å². The predicted octanol–water partition coefficient (Wildman–Crippen LogP) is 4.20. The van der Waals surface area contributed by atoms with E-state index in [2.05, 4.69) is 16.0 Å². The first-order chi connectivity index (χ1) is 15.4. The quantitative estimate of drug-likeness (QED) is 0.383. The Labute approximate surface area is 189 Å². The first kappa shape index (κ1) is 21.6. The van der Waals surface area contributed by atoms with E-state index in [1.165, 1.54) is 0 Å². The van der Waals surface area contributed by atoms with Crippen molar-refractivity contribution in [2.45, 2.75) is 32.7 Å². The maximum absolute atomic E-state index is 12.6. The van der Waals surface area contributed by atoms with Crippen molar-refractivity contribution in [3.8, 4) is 11.6 Å². The van der Waals surface area contributed by atoms with E-state index in [1.54, 1.807) is 31.2 Å². The Hall–Kier alpha value is -3.58. The van der Waals surface area contributed by atoms with Crippen LogP contribution in [-0.4, -0.2) is 31.4 Å². The molecule has 0 aliphatic rings. The molecule has 0 radical (unpaired) electrons. The van der Waals surface area contributed by atoms with Crippen LogP contribution < -0.4 is 11.2 Å². The van der Waals surface area contributed by atoms with Crippen molar-refractivity contribution in [1.29, 1.82) is 0 Å². The number of aromatic nitrogens is 3. The molecule has 0 amide bonds. The molecule has 0 spiro atoms. The van der Waals surface area contributed by atoms with Crippen LogP contribution in [0.25, 0.3) is 16.6 Å². The number of hydrogen-bond donors (Lipinski definition) is 3. The molecular weight excluding hydrogens is 428 g/mol. The Morgan fingerprint density at radius 3 is 2.59 bits per heavy atom. The number of hydrogen-bond acceptors (Lipinski definition) is 4. The van der Waals surface area contributed by atoms with E-state index in [0.717, 1.165) is 27.5 Å². The van der Waals surface area contributed by atoms with E-state index in [0.29, 0.717) is 22.8 Å². The summed E-state index contributed by atoms with van der Waals surface area (Å²) in [6, 6.07) is 14.3. The van der Waals surface area contributed by atoms with Crippen molar-refractivity contribution in [1.82, 2.24) is 14.5 Å². The van der Waals surface area contributed by atoms with Gasteiger partial charge in [0.05, 0.1) is 17.4 Å². The van der Waals surface area contributed by atoms with Crippen molar-refractivity contribution in [2.24, 2.45) is 4.99 Å². The maximum Gasteiger partial charge on any atom is 0.335 e. The van der Waals surface area contributed by atoms with E-state index in [1.807, 2.05) is 31.3 Å². The van der Waals surface area contributed by atoms with Crippen LogP contribution >= 0.6 is 11.6 Å². The van der Waals surface area contributed by atoms with Crippen LogP contribution in [0.4, 0.5) is 0 Å². The Balaban J connectivity index is 1.73. The minimum absolute atomic E-state index is 0.0306. The number of nitrogens with one attached hydrogen (secondary N) is 2. The highest BCUT2D eigenvalue weighted by atomic mass is 35.5. The van der Waals surface area contributed by atoms with Gasteiger partial charge in [0, 0.05) is 22.1 Å². The van der Waals surface area contributed by atoms with Gasteiger partial charge in [-0.2, -0.15) is 0 Å². The summed E-state index contributed by atoms with van der Waals surface area (Å²) in [6.07, 6.45) is 3.39. The molecule has 4 aromatic rings. The number of benzene rings is 2. The number of H-pyrrole nitrogens is 2. The Bertz CT molecular complexity index is 1410. The summed E-state index contributed by atoms with van der Waals surface area (Å²) in [5.74, 6) is -0.454. The van der Waals surface area contributed by atoms with Gasteiger partial charge in [0.2, 0.25) is 5.88 Å². The number of fused-ring (bicyclic) bond motifs is 1. The van der Waals surface area contributed by atoms with Crippen molar-refractivity contribution < 1.29 is 5.11 Å². The van der Waals surface area contributed by atoms with E-state index >= 15 is 0 Å². The second-order valence-electron chi connectivity index (χ2n) is 7.61. The molecule has 0 fully saturated rings. The molecule has 0 saturated carbocycles. The molecule has 1 atom stereocenters. The molecule has 4 rings (SSSR count). The molecule has 0 saturated heterocycles. The fourth-order valence-corrected chi connectivity index (χ4v) is 3.98. The summed E-state index contributed by atoms with van der Waals surface area (Å²) in [6.45, 7) is 3.69. The molecule has 1 unspecified atom stereocenters. The predicted molar refractivity (Wildman–Crippen MR) is 128 cm³/mol. The third-order valence-electron chi connectivity index (χ3n) is 5.51. The summed E-state index contributed by atoms with van der Waals surface area (Å²) in [5, 5.41) is 12.5. The van der Waals surface area contributed by atoms with Crippen LogP contribution in [0.1, 0.15) is 31.4 Å². The molecule has 0 bridgehead atoms. The smallest absolute Gasteiger partial charge is 0.335 e. The summed E-state index contributed by atoms with van der Waals surface area (Å²) in [7, 11) is 0. The van der Waals surface area contributed by atoms with Gasteiger partial charge in [-0.3, -0.25) is 14.8 Å². The zero-order chi connectivity index (χ0) is 22.8. The fraction of sp³-hybridized carbons (Fsp3) is 0.208. The van der Waals surface area contributed by atoms with Crippen molar-refractivity contribution in [2.75, 3.05) is 0 Å². The SMILES string of the molecule is CCC(Cc1c[nH]c2ccccc12)N=C(C)c1c(O)n(-c2ccc(Cl)cc2)c(=O)[nH]c1=O. The van der Waals surface area contributed by atoms with Crippen LogP contribution in [-0.2, 0) is 6.42 Å². The van der Waals surface area contributed by atoms with E-state index in [4.69, 9.17) is 16.6 Å². The highest BCUT2D eigenvalue weighted by molar-refractivity contribution is 6.30. The first-order valence-corrected chi connectivity index (χ1v) is 10.7. The lowest BCUT2D eigenvalue weighted by atomic mass is 10.0. The minimum atomic E-state index is -0.739. The molecule has 0 aliphatic heterocycles. The van der Waals surface area contributed by atoms with Gasteiger partial charge in [-0.1, -0.05) is 36.7 Å². The monoisotopic (exact) mass is 450 g/mol. The normalized spacial score (nSPS) is 12.9. The van der Waals surface area contributed by atoms with Gasteiger partial charge < -0.3 is 10.1 Å². The third-order valence-corrected chi connectivity index (χ3v) is 5.76. The van der Waals surface area contributed by atoms with Crippen LogP contribution in [0.5, 0.6) is 5.88 Å². The molecule has 2 heterocycles. The molecule has 0 aliphatic carbocycles. The molecule has 2 aromatic carbocycles. The lowest BCUT2D eigenvalue weighted by molar-refractivity contribution is 0.429. The average Bonchev–Trinajstić information content (AvgIpc) is 3.17. The summed E-state index contributed by atoms with van der Waals surface area (Å²) in [4.78, 5) is 35.2. The molecule has 164 valence electrons. The summed E-state index contributed by atoms with van der Waals surface area (Å²) >= 11 is 5.92. The fourth-order valence-electron chi connectivity index (χ4n) is 3.85. The Morgan fingerprint density at radius 1 is 1.16 bits per heavy atom. The van der Waals surface area contributed by atoms with Gasteiger partial charge >= 0.3 is 5.69 Å². The number of rotatable bonds is 6. The molecule has 3 N–H and O–H groups in total. The Morgan fingerprint density at radius 2 is 1.88 bits per heavy atom. The van der Waals surface area contributed by atoms with Crippen LogP contribution in [0.2, 0.25) is 5.02 Å². The highest BCUT2D eigenvalue weighted by Gasteiger charge is 2.19. The zero-order valence-electron chi connectivity index (χ0n) is 17.7. The molecular formula is C24H23ClN4O3. The van der Waals surface area contributed by atoms with Gasteiger partial charge in [0.25, 0.3) is 5.56 Å². The number of aliphatic imine (C=N–C) groups is 1. The van der Waals surface area contributed by atoms with Crippen LogP contribution in [0.15, 0.2) is 69.3 Å². The lowest BCUT2D eigenvalue weighted by Crippen LogP contribution is -2.33. The minimum Gasteiger partial charge on any atom is -0.493 e. The van der Waals surface area contributed by atoms with Gasteiger partial charge in [0.15, 0.2) is 0 Å². The topological polar surface area (TPSA) is 103 Å². The van der Waals surface area contributed by atoms with Gasteiger partial charge in [-0.15, -0.1) is 0 Å². The van der Waals surface area contributed by atoms with Gasteiger partial charge in [0.1, 0.15) is 5.56 Å². The highest BCUT2D eigenvalue weighted by Crippen LogP contribution is 2.22.